The molecule has 0 aliphatic heterocycles. The molecule has 24 heavy (non-hydrogen) atoms. The van der Waals surface area contributed by atoms with Gasteiger partial charge in [0.25, 0.3) is 0 Å². The minimum Gasteiger partial charge on any atom is -0.493 e. The second-order valence-corrected chi connectivity index (χ2v) is 4.58. The maximum absolute atomic E-state index is 13.1. The van der Waals surface area contributed by atoms with E-state index in [0.717, 1.165) is 24.3 Å². The van der Waals surface area contributed by atoms with E-state index < -0.39 is 24.0 Å². The quantitative estimate of drug-likeness (QED) is 0.442. The van der Waals surface area contributed by atoms with Crippen molar-refractivity contribution in [3.05, 3.63) is 65.2 Å². The highest BCUT2D eigenvalue weighted by molar-refractivity contribution is 6.07. The molecule has 2 aromatic carbocycles. The lowest BCUT2D eigenvalue weighted by Crippen LogP contribution is -2.05. The van der Waals surface area contributed by atoms with Crippen LogP contribution in [-0.2, 0) is 0 Å². The maximum Gasteiger partial charge on any atom is 0.387 e. The number of hydrogen-bond donors (Lipinski definition) is 0. The Balaban J connectivity index is 2.30. The molecule has 0 aliphatic carbocycles. The van der Waals surface area contributed by atoms with Gasteiger partial charge in [-0.25, -0.2) is 8.78 Å². The number of ether oxygens (including phenoxy) is 2. The molecule has 0 amide bonds. The van der Waals surface area contributed by atoms with Gasteiger partial charge in [-0.05, 0) is 36.4 Å². The number of methoxy groups -OCH3 is 1. The smallest absolute Gasteiger partial charge is 0.387 e. The van der Waals surface area contributed by atoms with Crippen LogP contribution in [0.25, 0.3) is 6.08 Å². The number of hydrogen-bond acceptors (Lipinski definition) is 3. The summed E-state index contributed by atoms with van der Waals surface area (Å²) in [6.45, 7) is -3.07. The topological polar surface area (TPSA) is 35.5 Å². The van der Waals surface area contributed by atoms with Crippen molar-refractivity contribution in [2.75, 3.05) is 7.11 Å². The highest BCUT2D eigenvalue weighted by Crippen LogP contribution is 2.33. The number of ketones is 1. The zero-order valence-corrected chi connectivity index (χ0v) is 12.4. The molecule has 0 heterocycles. The van der Waals surface area contributed by atoms with Crippen molar-refractivity contribution >= 4 is 11.9 Å². The van der Waals surface area contributed by atoms with E-state index in [2.05, 4.69) is 4.74 Å². The zero-order chi connectivity index (χ0) is 17.7. The highest BCUT2D eigenvalue weighted by atomic mass is 19.3. The summed E-state index contributed by atoms with van der Waals surface area (Å²) in [6, 6.07) is 7.09. The number of halogens is 4. The monoisotopic (exact) mass is 340 g/mol. The number of benzene rings is 2. The van der Waals surface area contributed by atoms with Gasteiger partial charge < -0.3 is 9.47 Å². The number of alkyl halides is 2. The van der Waals surface area contributed by atoms with Crippen LogP contribution < -0.4 is 9.47 Å². The summed E-state index contributed by atoms with van der Waals surface area (Å²) < 4.78 is 60.4. The lowest BCUT2D eigenvalue weighted by molar-refractivity contribution is -0.0513. The van der Waals surface area contributed by atoms with Crippen molar-refractivity contribution in [3.8, 4) is 11.5 Å². The third-order valence-electron chi connectivity index (χ3n) is 3.05. The van der Waals surface area contributed by atoms with Crippen molar-refractivity contribution in [3.63, 3.8) is 0 Å². The Labute approximate surface area is 135 Å². The van der Waals surface area contributed by atoms with Gasteiger partial charge in [-0.1, -0.05) is 12.1 Å². The lowest BCUT2D eigenvalue weighted by Gasteiger charge is -2.12. The summed E-state index contributed by atoms with van der Waals surface area (Å²) in [5.41, 5.74) is 0.0926. The zero-order valence-electron chi connectivity index (χ0n) is 12.4. The summed E-state index contributed by atoms with van der Waals surface area (Å²) >= 11 is 0. The van der Waals surface area contributed by atoms with Gasteiger partial charge in [0.15, 0.2) is 28.9 Å². The fourth-order valence-corrected chi connectivity index (χ4v) is 1.95. The fourth-order valence-electron chi connectivity index (χ4n) is 1.95. The minimum atomic E-state index is -3.07. The van der Waals surface area contributed by atoms with Crippen molar-refractivity contribution in [2.45, 2.75) is 6.61 Å². The summed E-state index contributed by atoms with van der Waals surface area (Å²) in [7, 11) is 1.29. The molecule has 2 rings (SSSR count). The van der Waals surface area contributed by atoms with Gasteiger partial charge in [0.1, 0.15) is 0 Å². The van der Waals surface area contributed by atoms with Crippen LogP contribution in [0.15, 0.2) is 42.5 Å². The van der Waals surface area contributed by atoms with Crippen LogP contribution in [0.3, 0.4) is 0 Å². The van der Waals surface area contributed by atoms with Crippen LogP contribution >= 0.6 is 0 Å². The Kier molecular flexibility index (Phi) is 5.57. The number of carbonyl (C=O) groups excluding carboxylic acids is 1. The third-order valence-corrected chi connectivity index (χ3v) is 3.05. The van der Waals surface area contributed by atoms with Gasteiger partial charge in [-0.3, -0.25) is 4.79 Å². The number of para-hydroxylation sites is 1. The summed E-state index contributed by atoms with van der Waals surface area (Å²) in [5.74, 6) is -3.02. The SMILES string of the molecule is COc1cccc(C=CC(=O)c2ccc(F)c(F)c2)c1OC(F)F. The first kappa shape index (κ1) is 17.5. The van der Waals surface area contributed by atoms with Crippen molar-refractivity contribution < 1.29 is 31.8 Å². The third kappa shape index (κ3) is 4.13. The standard InChI is InChI=1S/C17H12F4O3/c1-23-15-4-2-3-10(16(15)24-17(20)21)6-8-14(22)11-5-7-12(18)13(19)9-11/h2-9,17H,1H3. The molecule has 0 N–H and O–H groups in total. The van der Waals surface area contributed by atoms with Gasteiger partial charge in [-0.2, -0.15) is 8.78 Å². The second-order valence-electron chi connectivity index (χ2n) is 4.58. The Hall–Kier alpha value is -2.83. The average Bonchev–Trinajstić information content (AvgIpc) is 2.55. The van der Waals surface area contributed by atoms with Crippen LogP contribution in [-0.4, -0.2) is 19.5 Å². The first-order chi connectivity index (χ1) is 11.4. The van der Waals surface area contributed by atoms with E-state index in [4.69, 9.17) is 4.74 Å². The molecule has 0 bridgehead atoms. The van der Waals surface area contributed by atoms with Gasteiger partial charge in [-0.15, -0.1) is 0 Å². The molecule has 0 aromatic heterocycles. The van der Waals surface area contributed by atoms with Crippen LogP contribution in [0.1, 0.15) is 15.9 Å². The summed E-state index contributed by atoms with van der Waals surface area (Å²) in [5, 5.41) is 0. The van der Waals surface area contributed by atoms with Crippen LogP contribution in [0, 0.1) is 11.6 Å². The first-order valence-corrected chi connectivity index (χ1v) is 6.71. The van der Waals surface area contributed by atoms with E-state index in [1.165, 1.54) is 31.4 Å². The van der Waals surface area contributed by atoms with Gasteiger partial charge in [0, 0.05) is 11.1 Å². The molecule has 0 fully saturated rings. The molecule has 2 aromatic rings. The van der Waals surface area contributed by atoms with Gasteiger partial charge >= 0.3 is 6.61 Å². The Morgan fingerprint density at radius 1 is 1.12 bits per heavy atom. The lowest BCUT2D eigenvalue weighted by atomic mass is 10.1. The largest absolute Gasteiger partial charge is 0.493 e. The van der Waals surface area contributed by atoms with Crippen molar-refractivity contribution in [2.24, 2.45) is 0 Å². The summed E-state index contributed by atoms with van der Waals surface area (Å²) in [6.07, 6.45) is 2.27. The molecular weight excluding hydrogens is 328 g/mol. The van der Waals surface area contributed by atoms with Crippen LogP contribution in [0.2, 0.25) is 0 Å². The van der Waals surface area contributed by atoms with Crippen LogP contribution in [0.5, 0.6) is 11.5 Å². The molecule has 0 atom stereocenters. The predicted octanol–water partition coefficient (Wildman–Crippen LogP) is 4.47. The van der Waals surface area contributed by atoms with E-state index in [-0.39, 0.29) is 22.6 Å². The van der Waals surface area contributed by atoms with Gasteiger partial charge in [0.2, 0.25) is 0 Å². The molecule has 3 nitrogen and oxygen atoms in total. The molecule has 7 heteroatoms. The Bertz CT molecular complexity index is 772. The second kappa shape index (κ2) is 7.63. The maximum atomic E-state index is 13.1. The summed E-state index contributed by atoms with van der Waals surface area (Å²) in [4.78, 5) is 12.0. The van der Waals surface area contributed by atoms with Crippen molar-refractivity contribution in [1.82, 2.24) is 0 Å². The predicted molar refractivity (Wildman–Crippen MR) is 79.3 cm³/mol. The highest BCUT2D eigenvalue weighted by Gasteiger charge is 2.14. The number of rotatable bonds is 6. The molecule has 0 saturated carbocycles. The van der Waals surface area contributed by atoms with E-state index in [9.17, 15) is 22.4 Å². The average molecular weight is 340 g/mol. The van der Waals surface area contributed by atoms with E-state index in [0.29, 0.717) is 0 Å². The van der Waals surface area contributed by atoms with Crippen LogP contribution in [0.4, 0.5) is 17.6 Å². The molecule has 0 spiro atoms. The van der Waals surface area contributed by atoms with E-state index >= 15 is 0 Å². The number of carbonyl (C=O) groups is 1. The van der Waals surface area contributed by atoms with Gasteiger partial charge in [0.05, 0.1) is 7.11 Å². The van der Waals surface area contributed by atoms with E-state index in [1.54, 1.807) is 0 Å². The van der Waals surface area contributed by atoms with E-state index in [1.807, 2.05) is 0 Å². The molecule has 0 saturated heterocycles. The molecule has 126 valence electrons. The van der Waals surface area contributed by atoms with Crippen molar-refractivity contribution in [1.29, 1.82) is 0 Å². The Morgan fingerprint density at radius 3 is 2.50 bits per heavy atom. The molecule has 0 radical (unpaired) electrons. The number of allylic oxidation sites excluding steroid dienone is 1. The fraction of sp³-hybridized carbons (Fsp3) is 0.118. The molecule has 0 unspecified atom stereocenters. The normalized spacial score (nSPS) is 11.1. The Morgan fingerprint density at radius 2 is 1.88 bits per heavy atom. The first-order valence-electron chi connectivity index (χ1n) is 6.71. The molecular formula is C17H12F4O3. The minimum absolute atomic E-state index is 0.0673. The molecule has 0 aliphatic rings.